The molecule has 0 fully saturated rings. The van der Waals surface area contributed by atoms with E-state index in [4.69, 9.17) is 5.11 Å². The van der Waals surface area contributed by atoms with Gasteiger partial charge in [0, 0.05) is 12.3 Å². The minimum atomic E-state index is -1.07. The van der Waals surface area contributed by atoms with Crippen molar-refractivity contribution in [3.63, 3.8) is 0 Å². The number of phenols is 1. The standard InChI is InChI=1S/C12H10FN3O4/c13-7-1-2-9(10(17)3-7)12(20)15-8-4-14-16(5-8)6-11(18)19/h1-5,17H,6H2,(H,15,20)(H,18,19). The number of aliphatic carboxylic acids is 1. The number of carboxylic acids is 1. The topological polar surface area (TPSA) is 104 Å². The Kier molecular flexibility index (Phi) is 3.65. The summed E-state index contributed by atoms with van der Waals surface area (Å²) < 4.78 is 13.9. The van der Waals surface area contributed by atoms with Crippen molar-refractivity contribution < 1.29 is 24.2 Å². The Morgan fingerprint density at radius 1 is 1.40 bits per heavy atom. The molecule has 0 aliphatic carbocycles. The first-order chi connectivity index (χ1) is 9.45. The summed E-state index contributed by atoms with van der Waals surface area (Å²) in [5.41, 5.74) is 0.164. The summed E-state index contributed by atoms with van der Waals surface area (Å²) in [5, 5.41) is 24.2. The molecule has 2 aromatic rings. The van der Waals surface area contributed by atoms with Gasteiger partial charge in [0.15, 0.2) is 0 Å². The molecule has 0 unspecified atom stereocenters. The lowest BCUT2D eigenvalue weighted by Gasteiger charge is -2.04. The predicted octanol–water partition coefficient (Wildman–Crippen LogP) is 1.06. The summed E-state index contributed by atoms with van der Waals surface area (Å²) in [6.45, 7) is -0.336. The van der Waals surface area contributed by atoms with Crippen molar-refractivity contribution >= 4 is 17.6 Å². The summed E-state index contributed by atoms with van der Waals surface area (Å²) in [4.78, 5) is 22.3. The van der Waals surface area contributed by atoms with E-state index in [1.54, 1.807) is 0 Å². The van der Waals surface area contributed by atoms with Crippen LogP contribution in [0.5, 0.6) is 5.75 Å². The average molecular weight is 279 g/mol. The Labute approximate surface area is 112 Å². The Morgan fingerprint density at radius 2 is 2.15 bits per heavy atom. The van der Waals surface area contributed by atoms with Gasteiger partial charge in [0.1, 0.15) is 18.1 Å². The molecule has 1 heterocycles. The van der Waals surface area contributed by atoms with E-state index in [1.807, 2.05) is 0 Å². The molecule has 0 radical (unpaired) electrons. The zero-order valence-electron chi connectivity index (χ0n) is 10.1. The second-order valence-electron chi connectivity index (χ2n) is 3.94. The fourth-order valence-electron chi connectivity index (χ4n) is 1.55. The number of rotatable bonds is 4. The molecule has 0 spiro atoms. The van der Waals surface area contributed by atoms with E-state index in [-0.39, 0.29) is 17.8 Å². The molecular weight excluding hydrogens is 269 g/mol. The van der Waals surface area contributed by atoms with Crippen molar-refractivity contribution in [2.75, 3.05) is 5.32 Å². The molecule has 104 valence electrons. The number of hydrogen-bond acceptors (Lipinski definition) is 4. The fourth-order valence-corrected chi connectivity index (χ4v) is 1.55. The van der Waals surface area contributed by atoms with Gasteiger partial charge in [-0.15, -0.1) is 0 Å². The van der Waals surface area contributed by atoms with Gasteiger partial charge in [0.25, 0.3) is 5.91 Å². The van der Waals surface area contributed by atoms with Crippen LogP contribution in [0.1, 0.15) is 10.4 Å². The number of aromatic hydroxyl groups is 1. The summed E-state index contributed by atoms with van der Waals surface area (Å²) >= 11 is 0. The van der Waals surface area contributed by atoms with Crippen LogP contribution in [0.3, 0.4) is 0 Å². The lowest BCUT2D eigenvalue weighted by molar-refractivity contribution is -0.137. The second kappa shape index (κ2) is 5.39. The predicted molar refractivity (Wildman–Crippen MR) is 65.9 cm³/mol. The molecule has 0 atom stereocenters. The molecule has 1 aromatic heterocycles. The molecular formula is C12H10FN3O4. The first-order valence-electron chi connectivity index (χ1n) is 5.50. The van der Waals surface area contributed by atoms with Gasteiger partial charge in [-0.2, -0.15) is 5.10 Å². The van der Waals surface area contributed by atoms with Crippen molar-refractivity contribution in [1.82, 2.24) is 9.78 Å². The Balaban J connectivity index is 2.11. The summed E-state index contributed by atoms with van der Waals surface area (Å²) in [5.74, 6) is -2.87. The number of carbonyl (C=O) groups excluding carboxylic acids is 1. The molecule has 3 N–H and O–H groups in total. The molecule has 2 rings (SSSR count). The number of anilines is 1. The molecule has 20 heavy (non-hydrogen) atoms. The smallest absolute Gasteiger partial charge is 0.325 e. The van der Waals surface area contributed by atoms with E-state index in [0.717, 1.165) is 22.9 Å². The van der Waals surface area contributed by atoms with Crippen molar-refractivity contribution in [1.29, 1.82) is 0 Å². The zero-order chi connectivity index (χ0) is 14.7. The number of halogens is 1. The number of carbonyl (C=O) groups is 2. The largest absolute Gasteiger partial charge is 0.507 e. The second-order valence-corrected chi connectivity index (χ2v) is 3.94. The van der Waals surface area contributed by atoms with Crippen LogP contribution in [0.25, 0.3) is 0 Å². The summed E-state index contributed by atoms with van der Waals surface area (Å²) in [6.07, 6.45) is 2.59. The highest BCUT2D eigenvalue weighted by Crippen LogP contribution is 2.19. The van der Waals surface area contributed by atoms with E-state index in [9.17, 15) is 19.1 Å². The van der Waals surface area contributed by atoms with Gasteiger partial charge in [0.2, 0.25) is 0 Å². The number of hydrogen-bond donors (Lipinski definition) is 3. The monoisotopic (exact) mass is 279 g/mol. The molecule has 0 bridgehead atoms. The molecule has 8 heteroatoms. The Hall–Kier alpha value is -2.90. The highest BCUT2D eigenvalue weighted by atomic mass is 19.1. The van der Waals surface area contributed by atoms with Crippen LogP contribution in [0, 0.1) is 5.82 Å². The first kappa shape index (κ1) is 13.5. The zero-order valence-corrected chi connectivity index (χ0v) is 10.1. The summed E-state index contributed by atoms with van der Waals surface area (Å²) in [7, 11) is 0. The maximum absolute atomic E-state index is 12.8. The number of nitrogens with zero attached hydrogens (tertiary/aromatic N) is 2. The van der Waals surface area contributed by atoms with Gasteiger partial charge in [0.05, 0.1) is 17.4 Å². The molecule has 0 aliphatic rings. The first-order valence-corrected chi connectivity index (χ1v) is 5.50. The van der Waals surface area contributed by atoms with Gasteiger partial charge in [-0.1, -0.05) is 0 Å². The van der Waals surface area contributed by atoms with Gasteiger partial charge in [-0.3, -0.25) is 14.3 Å². The Morgan fingerprint density at radius 3 is 2.80 bits per heavy atom. The van der Waals surface area contributed by atoms with E-state index >= 15 is 0 Å². The van der Waals surface area contributed by atoms with E-state index < -0.39 is 23.4 Å². The van der Waals surface area contributed by atoms with Crippen LogP contribution >= 0.6 is 0 Å². The van der Waals surface area contributed by atoms with Crippen LogP contribution in [0.4, 0.5) is 10.1 Å². The van der Waals surface area contributed by atoms with Crippen LogP contribution in [0.2, 0.25) is 0 Å². The lowest BCUT2D eigenvalue weighted by atomic mass is 10.2. The van der Waals surface area contributed by atoms with Crippen molar-refractivity contribution in [3.05, 3.63) is 42.0 Å². The van der Waals surface area contributed by atoms with E-state index in [1.165, 1.54) is 12.4 Å². The highest BCUT2D eigenvalue weighted by molar-refractivity contribution is 6.05. The van der Waals surface area contributed by atoms with Crippen LogP contribution in [0.15, 0.2) is 30.6 Å². The van der Waals surface area contributed by atoms with Gasteiger partial charge in [-0.25, -0.2) is 4.39 Å². The lowest BCUT2D eigenvalue weighted by Crippen LogP contribution is -2.12. The van der Waals surface area contributed by atoms with E-state index in [2.05, 4.69) is 10.4 Å². The average Bonchev–Trinajstić information content (AvgIpc) is 2.75. The normalized spacial score (nSPS) is 10.2. The van der Waals surface area contributed by atoms with Gasteiger partial charge >= 0.3 is 5.97 Å². The van der Waals surface area contributed by atoms with Gasteiger partial charge < -0.3 is 15.5 Å². The molecule has 7 nitrogen and oxygen atoms in total. The third kappa shape index (κ3) is 3.10. The maximum atomic E-state index is 12.8. The van der Waals surface area contributed by atoms with Crippen molar-refractivity contribution in [2.24, 2.45) is 0 Å². The SMILES string of the molecule is O=C(O)Cn1cc(NC(=O)c2ccc(F)cc2O)cn1. The fraction of sp³-hybridized carbons (Fsp3) is 0.0833. The van der Waals surface area contributed by atoms with Crippen LogP contribution in [-0.4, -0.2) is 31.9 Å². The molecule has 1 amide bonds. The number of phenolic OH excluding ortho intramolecular Hbond substituents is 1. The quantitative estimate of drug-likeness (QED) is 0.776. The minimum absolute atomic E-state index is 0.0996. The number of nitrogens with one attached hydrogen (secondary N) is 1. The Bertz CT molecular complexity index is 668. The van der Waals surface area contributed by atoms with Gasteiger partial charge in [-0.05, 0) is 12.1 Å². The summed E-state index contributed by atoms with van der Waals surface area (Å²) in [6, 6.07) is 3.01. The van der Waals surface area contributed by atoms with Crippen LogP contribution < -0.4 is 5.32 Å². The highest BCUT2D eigenvalue weighted by Gasteiger charge is 2.13. The third-order valence-corrected chi connectivity index (χ3v) is 2.39. The number of benzene rings is 1. The van der Waals surface area contributed by atoms with Crippen molar-refractivity contribution in [2.45, 2.75) is 6.54 Å². The van der Waals surface area contributed by atoms with E-state index in [0.29, 0.717) is 0 Å². The number of aromatic nitrogens is 2. The number of amides is 1. The molecule has 1 aromatic carbocycles. The molecule has 0 saturated heterocycles. The molecule has 0 aliphatic heterocycles. The molecule has 0 saturated carbocycles. The van der Waals surface area contributed by atoms with Crippen molar-refractivity contribution in [3.8, 4) is 5.75 Å². The third-order valence-electron chi connectivity index (χ3n) is 2.39. The minimum Gasteiger partial charge on any atom is -0.507 e. The van der Waals surface area contributed by atoms with Crippen LogP contribution in [-0.2, 0) is 11.3 Å². The maximum Gasteiger partial charge on any atom is 0.325 e. The number of carboxylic acid groups (broad SMARTS) is 1.